The molecule has 0 saturated carbocycles. The van der Waals surface area contributed by atoms with Crippen LogP contribution in [0.1, 0.15) is 15.9 Å². The first-order chi connectivity index (χ1) is 7.60. The minimum atomic E-state index is -0.850. The lowest BCUT2D eigenvalue weighted by molar-refractivity contribution is 0.0697. The van der Waals surface area contributed by atoms with Crippen LogP contribution in [0.5, 0.6) is 0 Å². The van der Waals surface area contributed by atoms with E-state index in [1.165, 1.54) is 0 Å². The summed E-state index contributed by atoms with van der Waals surface area (Å²) >= 11 is 9.53. The van der Waals surface area contributed by atoms with Crippen LogP contribution in [-0.4, -0.2) is 30.0 Å². The maximum atomic E-state index is 10.7. The summed E-state index contributed by atoms with van der Waals surface area (Å²) in [6, 6.07) is 5.30. The average Bonchev–Trinajstić information content (AvgIpc) is 2.61. The first kappa shape index (κ1) is 13.1. The van der Waals surface area contributed by atoms with Crippen molar-refractivity contribution in [3.8, 4) is 0 Å². The number of hydrogen-bond donors (Lipinski definition) is 1. The zero-order valence-corrected chi connectivity index (χ0v) is 10.4. The van der Waals surface area contributed by atoms with Crippen LogP contribution in [0.4, 0.5) is 5.69 Å². The number of benzene rings is 1. The number of nitrogens with zero attached hydrogens (tertiary/aromatic N) is 1. The molecule has 16 heavy (non-hydrogen) atoms. The van der Waals surface area contributed by atoms with Crippen molar-refractivity contribution in [1.82, 2.24) is 0 Å². The maximum Gasteiger partial charge on any atom is 0.335 e. The number of carboxylic acid groups (broad SMARTS) is 1. The smallest absolute Gasteiger partial charge is 0.335 e. The molecule has 2 rings (SSSR count). The van der Waals surface area contributed by atoms with Crippen molar-refractivity contribution in [3.63, 3.8) is 0 Å². The van der Waals surface area contributed by atoms with Crippen molar-refractivity contribution in [1.29, 1.82) is 0 Å². The molecule has 0 atom stereocenters. The van der Waals surface area contributed by atoms with Gasteiger partial charge in [-0.25, -0.2) is 4.79 Å². The molecule has 0 saturated heterocycles. The molecule has 5 heteroatoms. The minimum absolute atomic E-state index is 0.194. The van der Waals surface area contributed by atoms with Crippen molar-refractivity contribution < 1.29 is 9.90 Å². The lowest BCUT2D eigenvalue weighted by Gasteiger charge is -2.11. The number of aromatic carboxylic acids is 1. The van der Waals surface area contributed by atoms with Crippen LogP contribution in [0.25, 0.3) is 0 Å². The van der Waals surface area contributed by atoms with Gasteiger partial charge in [-0.05, 0) is 30.2 Å². The molecule has 88 valence electrons. The summed E-state index contributed by atoms with van der Waals surface area (Å²) in [5.41, 5.74) is 2.68. The summed E-state index contributed by atoms with van der Waals surface area (Å²) in [6.45, 7) is 0.985. The molecule has 1 N–H and O–H groups in total. The second-order valence-corrected chi connectivity index (χ2v) is 4.23. The van der Waals surface area contributed by atoms with E-state index in [0.717, 1.165) is 24.2 Å². The highest BCUT2D eigenvalue weighted by Crippen LogP contribution is 2.27. The van der Waals surface area contributed by atoms with E-state index < -0.39 is 5.97 Å². The highest BCUT2D eigenvalue weighted by atomic mass is 35.5. The third-order valence-corrected chi connectivity index (χ3v) is 2.45. The SMILES string of the molecule is CN1CCc2cc(C(=O)O)ccc21.ClCCl. The fourth-order valence-corrected chi connectivity index (χ4v) is 1.70. The summed E-state index contributed by atoms with van der Waals surface area (Å²) in [5.74, 6) is -0.850. The predicted molar refractivity (Wildman–Crippen MR) is 66.9 cm³/mol. The van der Waals surface area contributed by atoms with Crippen LogP contribution in [-0.2, 0) is 6.42 Å². The molecule has 0 fully saturated rings. The molecule has 1 aliphatic rings. The zero-order valence-electron chi connectivity index (χ0n) is 8.91. The van der Waals surface area contributed by atoms with Crippen molar-refractivity contribution >= 4 is 34.9 Å². The number of halogens is 2. The molecule has 1 aromatic rings. The van der Waals surface area contributed by atoms with Crippen LogP contribution in [0.2, 0.25) is 0 Å². The van der Waals surface area contributed by atoms with Crippen molar-refractivity contribution in [2.75, 3.05) is 23.8 Å². The van der Waals surface area contributed by atoms with Crippen molar-refractivity contribution in [2.45, 2.75) is 6.42 Å². The Labute approximate surface area is 105 Å². The maximum absolute atomic E-state index is 10.7. The van der Waals surface area contributed by atoms with Gasteiger partial charge in [-0.15, -0.1) is 23.2 Å². The van der Waals surface area contributed by atoms with Crippen molar-refractivity contribution in [3.05, 3.63) is 29.3 Å². The van der Waals surface area contributed by atoms with E-state index in [0.29, 0.717) is 5.56 Å². The molecule has 0 amide bonds. The first-order valence-corrected chi connectivity index (χ1v) is 5.86. The molecule has 1 aromatic carbocycles. The van der Waals surface area contributed by atoms with Gasteiger partial charge in [-0.2, -0.15) is 0 Å². The topological polar surface area (TPSA) is 40.5 Å². The molecule has 0 unspecified atom stereocenters. The zero-order chi connectivity index (χ0) is 12.1. The standard InChI is InChI=1S/C10H11NO2.CH2Cl2/c1-11-5-4-7-6-8(10(12)13)2-3-9(7)11;2-1-3/h2-3,6H,4-5H2,1H3,(H,12,13);1H2. The number of carbonyl (C=O) groups is 1. The van der Waals surface area contributed by atoms with E-state index in [2.05, 4.69) is 4.90 Å². The third kappa shape index (κ3) is 3.03. The summed E-state index contributed by atoms with van der Waals surface area (Å²) in [6.07, 6.45) is 0.951. The minimum Gasteiger partial charge on any atom is -0.478 e. The van der Waals surface area contributed by atoms with Gasteiger partial charge in [0.15, 0.2) is 0 Å². The number of hydrogen-bond acceptors (Lipinski definition) is 2. The van der Waals surface area contributed by atoms with Crippen molar-refractivity contribution in [2.24, 2.45) is 0 Å². The lowest BCUT2D eigenvalue weighted by Crippen LogP contribution is -2.12. The van der Waals surface area contributed by atoms with Gasteiger partial charge in [0.1, 0.15) is 0 Å². The largest absolute Gasteiger partial charge is 0.478 e. The number of carboxylic acids is 1. The van der Waals surface area contributed by atoms with Gasteiger partial charge < -0.3 is 10.0 Å². The molecule has 0 aliphatic carbocycles. The highest BCUT2D eigenvalue weighted by Gasteiger charge is 2.16. The summed E-state index contributed by atoms with van der Waals surface area (Å²) < 4.78 is 0. The van der Waals surface area contributed by atoms with Crippen LogP contribution in [0.15, 0.2) is 18.2 Å². The van der Waals surface area contributed by atoms with E-state index in [9.17, 15) is 4.79 Å². The Hall–Kier alpha value is -0.930. The number of anilines is 1. The second-order valence-electron chi connectivity index (χ2n) is 3.42. The normalized spacial score (nSPS) is 12.8. The number of fused-ring (bicyclic) bond motifs is 1. The van der Waals surface area contributed by atoms with Gasteiger partial charge in [0.05, 0.1) is 10.9 Å². The van der Waals surface area contributed by atoms with Gasteiger partial charge in [0.25, 0.3) is 0 Å². The predicted octanol–water partition coefficient (Wildman–Crippen LogP) is 2.80. The Morgan fingerprint density at radius 3 is 2.69 bits per heavy atom. The van der Waals surface area contributed by atoms with Crippen LogP contribution >= 0.6 is 23.2 Å². The van der Waals surface area contributed by atoms with E-state index in [-0.39, 0.29) is 5.34 Å². The fraction of sp³-hybridized carbons (Fsp3) is 0.364. The first-order valence-electron chi connectivity index (χ1n) is 4.79. The van der Waals surface area contributed by atoms with Gasteiger partial charge in [-0.3, -0.25) is 0 Å². The number of likely N-dealkylation sites (N-methyl/N-ethyl adjacent to an activating group) is 1. The second kappa shape index (κ2) is 5.97. The monoisotopic (exact) mass is 261 g/mol. The Bertz CT molecular complexity index is 382. The number of rotatable bonds is 1. The van der Waals surface area contributed by atoms with Gasteiger partial charge in [0.2, 0.25) is 0 Å². The highest BCUT2D eigenvalue weighted by molar-refractivity contribution is 6.40. The van der Waals surface area contributed by atoms with E-state index in [4.69, 9.17) is 28.3 Å². The Balaban J connectivity index is 0.000000386. The summed E-state index contributed by atoms with van der Waals surface area (Å²) in [7, 11) is 2.02. The summed E-state index contributed by atoms with van der Waals surface area (Å²) in [4.78, 5) is 12.8. The van der Waals surface area contributed by atoms with Gasteiger partial charge in [-0.1, -0.05) is 0 Å². The molecule has 0 bridgehead atoms. The Morgan fingerprint density at radius 2 is 2.12 bits per heavy atom. The van der Waals surface area contributed by atoms with Gasteiger partial charge in [0, 0.05) is 19.3 Å². The van der Waals surface area contributed by atoms with Crippen LogP contribution in [0.3, 0.4) is 0 Å². The summed E-state index contributed by atoms with van der Waals surface area (Å²) in [5, 5.41) is 8.96. The molecule has 0 radical (unpaired) electrons. The third-order valence-electron chi connectivity index (χ3n) is 2.45. The molecular weight excluding hydrogens is 249 g/mol. The molecule has 0 spiro atoms. The van der Waals surface area contributed by atoms with Crippen LogP contribution in [0, 0.1) is 0 Å². The Kier molecular flexibility index (Phi) is 4.90. The molecular formula is C11H13Cl2NO2. The quantitative estimate of drug-likeness (QED) is 0.791. The molecule has 1 aliphatic heterocycles. The lowest BCUT2D eigenvalue weighted by atomic mass is 10.1. The van der Waals surface area contributed by atoms with Gasteiger partial charge >= 0.3 is 5.97 Å². The molecule has 1 heterocycles. The van der Waals surface area contributed by atoms with E-state index in [1.807, 2.05) is 13.1 Å². The van der Waals surface area contributed by atoms with E-state index in [1.54, 1.807) is 12.1 Å². The average molecular weight is 262 g/mol. The number of alkyl halides is 2. The fourth-order valence-electron chi connectivity index (χ4n) is 1.70. The molecule has 0 aromatic heterocycles. The molecule has 3 nitrogen and oxygen atoms in total. The van der Waals surface area contributed by atoms with Crippen LogP contribution < -0.4 is 4.90 Å². The van der Waals surface area contributed by atoms with E-state index >= 15 is 0 Å². The Morgan fingerprint density at radius 1 is 1.50 bits per heavy atom.